The third kappa shape index (κ3) is 3.19. The number of esters is 1. The molecular weight excluding hydrogens is 336 g/mol. The van der Waals surface area contributed by atoms with E-state index in [1.165, 1.54) is 25.3 Å². The van der Waals surface area contributed by atoms with Crippen LogP contribution in [-0.4, -0.2) is 23.3 Å². The Morgan fingerprint density at radius 1 is 1.14 bits per heavy atom. The Morgan fingerprint density at radius 2 is 1.86 bits per heavy atom. The number of hydrogen-bond donors (Lipinski definition) is 2. The number of carbonyl (C=O) groups is 1. The van der Waals surface area contributed by atoms with Crippen molar-refractivity contribution in [1.82, 2.24) is 0 Å². The molecule has 0 aliphatic rings. The molecule has 1 unspecified atom stereocenters. The van der Waals surface area contributed by atoms with Crippen molar-refractivity contribution in [1.29, 1.82) is 0 Å². The standard InChI is InChI=1S/C16H15BrO4/c1-9(13-8-11(18)4-6-15(13)19)12-5-3-10(7-14(12)17)16(20)21-2/h3-9,18-19H,1-2H3. The summed E-state index contributed by atoms with van der Waals surface area (Å²) in [6.45, 7) is 1.91. The first-order chi connectivity index (χ1) is 9.93. The SMILES string of the molecule is COC(=O)c1ccc(C(C)c2cc(O)ccc2O)c(Br)c1. The molecule has 0 aromatic heterocycles. The van der Waals surface area contributed by atoms with Crippen LogP contribution in [-0.2, 0) is 4.74 Å². The highest BCUT2D eigenvalue weighted by Crippen LogP contribution is 2.36. The summed E-state index contributed by atoms with van der Waals surface area (Å²) in [5, 5.41) is 19.5. The van der Waals surface area contributed by atoms with Crippen LogP contribution in [0.5, 0.6) is 11.5 Å². The molecule has 0 amide bonds. The first kappa shape index (κ1) is 15.4. The smallest absolute Gasteiger partial charge is 0.337 e. The van der Waals surface area contributed by atoms with Gasteiger partial charge in [0.25, 0.3) is 0 Å². The highest BCUT2D eigenvalue weighted by atomic mass is 79.9. The summed E-state index contributed by atoms with van der Waals surface area (Å²) in [4.78, 5) is 11.5. The molecule has 0 heterocycles. The monoisotopic (exact) mass is 350 g/mol. The fraction of sp³-hybridized carbons (Fsp3) is 0.188. The Hall–Kier alpha value is -2.01. The number of benzene rings is 2. The topological polar surface area (TPSA) is 66.8 Å². The van der Waals surface area contributed by atoms with Gasteiger partial charge in [-0.1, -0.05) is 28.9 Å². The van der Waals surface area contributed by atoms with E-state index in [-0.39, 0.29) is 17.4 Å². The lowest BCUT2D eigenvalue weighted by molar-refractivity contribution is 0.0600. The molecule has 0 aliphatic heterocycles. The normalized spacial score (nSPS) is 12.0. The quantitative estimate of drug-likeness (QED) is 0.652. The molecule has 0 fully saturated rings. The Balaban J connectivity index is 2.42. The van der Waals surface area contributed by atoms with Crippen LogP contribution in [0.3, 0.4) is 0 Å². The second kappa shape index (κ2) is 6.18. The van der Waals surface area contributed by atoms with Crippen molar-refractivity contribution in [3.63, 3.8) is 0 Å². The molecule has 21 heavy (non-hydrogen) atoms. The van der Waals surface area contributed by atoms with Gasteiger partial charge in [0.15, 0.2) is 0 Å². The number of ether oxygens (including phenoxy) is 1. The first-order valence-electron chi connectivity index (χ1n) is 6.33. The van der Waals surface area contributed by atoms with E-state index in [2.05, 4.69) is 20.7 Å². The molecule has 0 bridgehead atoms. The summed E-state index contributed by atoms with van der Waals surface area (Å²) in [7, 11) is 1.33. The van der Waals surface area contributed by atoms with Crippen LogP contribution in [0, 0.1) is 0 Å². The average molecular weight is 351 g/mol. The highest BCUT2D eigenvalue weighted by molar-refractivity contribution is 9.10. The molecule has 0 radical (unpaired) electrons. The Labute approximate surface area is 131 Å². The summed E-state index contributed by atoms with van der Waals surface area (Å²) in [5.41, 5.74) is 1.95. The van der Waals surface area contributed by atoms with Crippen molar-refractivity contribution >= 4 is 21.9 Å². The third-order valence-electron chi connectivity index (χ3n) is 3.37. The fourth-order valence-electron chi connectivity index (χ4n) is 2.18. The largest absolute Gasteiger partial charge is 0.508 e. The minimum atomic E-state index is -0.407. The molecule has 2 aromatic carbocycles. The molecule has 5 heteroatoms. The number of hydrogen-bond acceptors (Lipinski definition) is 4. The maximum Gasteiger partial charge on any atom is 0.337 e. The number of methoxy groups -OCH3 is 1. The highest BCUT2D eigenvalue weighted by Gasteiger charge is 2.17. The molecule has 0 saturated heterocycles. The predicted molar refractivity (Wildman–Crippen MR) is 82.8 cm³/mol. The zero-order valence-electron chi connectivity index (χ0n) is 11.6. The van der Waals surface area contributed by atoms with Gasteiger partial charge >= 0.3 is 5.97 Å². The second-order valence-corrected chi connectivity index (χ2v) is 5.55. The number of phenols is 2. The number of aromatic hydroxyl groups is 2. The average Bonchev–Trinajstić information content (AvgIpc) is 2.48. The van der Waals surface area contributed by atoms with E-state index in [0.29, 0.717) is 11.1 Å². The van der Waals surface area contributed by atoms with Crippen LogP contribution >= 0.6 is 15.9 Å². The Kier molecular flexibility index (Phi) is 4.53. The van der Waals surface area contributed by atoms with E-state index in [1.54, 1.807) is 18.2 Å². The van der Waals surface area contributed by atoms with Gasteiger partial charge in [-0.15, -0.1) is 0 Å². The third-order valence-corrected chi connectivity index (χ3v) is 4.05. The van der Waals surface area contributed by atoms with Gasteiger partial charge in [0.2, 0.25) is 0 Å². The predicted octanol–water partition coefficient (Wildman–Crippen LogP) is 3.80. The minimum Gasteiger partial charge on any atom is -0.508 e. The van der Waals surface area contributed by atoms with Crippen molar-refractivity contribution in [3.05, 3.63) is 57.6 Å². The van der Waals surface area contributed by atoms with Gasteiger partial charge in [0.05, 0.1) is 12.7 Å². The molecular formula is C16H15BrO4. The van der Waals surface area contributed by atoms with E-state index >= 15 is 0 Å². The Morgan fingerprint density at radius 3 is 2.48 bits per heavy atom. The summed E-state index contributed by atoms with van der Waals surface area (Å²) in [6, 6.07) is 9.56. The van der Waals surface area contributed by atoms with Gasteiger partial charge in [-0.05, 0) is 35.9 Å². The number of phenolic OH excluding ortho intramolecular Hbond substituents is 2. The Bertz CT molecular complexity index is 682. The van der Waals surface area contributed by atoms with Crippen LogP contribution in [0.1, 0.15) is 34.3 Å². The minimum absolute atomic E-state index is 0.0944. The van der Waals surface area contributed by atoms with Crippen LogP contribution in [0.4, 0.5) is 0 Å². The van der Waals surface area contributed by atoms with Gasteiger partial charge in [-0.2, -0.15) is 0 Å². The van der Waals surface area contributed by atoms with E-state index in [0.717, 1.165) is 10.0 Å². The lowest BCUT2D eigenvalue weighted by Gasteiger charge is -2.16. The van der Waals surface area contributed by atoms with Crippen LogP contribution < -0.4 is 0 Å². The van der Waals surface area contributed by atoms with Gasteiger partial charge in [-0.25, -0.2) is 4.79 Å². The summed E-state index contributed by atoms with van der Waals surface area (Å²) in [6.07, 6.45) is 0. The van der Waals surface area contributed by atoms with Crippen molar-refractivity contribution in [2.75, 3.05) is 7.11 Å². The maximum atomic E-state index is 11.5. The lowest BCUT2D eigenvalue weighted by atomic mass is 9.91. The zero-order chi connectivity index (χ0) is 15.6. The summed E-state index contributed by atoms with van der Waals surface area (Å²) >= 11 is 3.43. The van der Waals surface area contributed by atoms with Crippen molar-refractivity contribution < 1.29 is 19.7 Å². The molecule has 2 N–H and O–H groups in total. The van der Waals surface area contributed by atoms with Crippen molar-refractivity contribution in [2.45, 2.75) is 12.8 Å². The summed E-state index contributed by atoms with van der Waals surface area (Å²) < 4.78 is 5.41. The number of carbonyl (C=O) groups excluding carboxylic acids is 1. The lowest BCUT2D eigenvalue weighted by Crippen LogP contribution is -2.03. The van der Waals surface area contributed by atoms with E-state index in [4.69, 9.17) is 0 Å². The molecule has 0 saturated carbocycles. The molecule has 110 valence electrons. The van der Waals surface area contributed by atoms with Gasteiger partial charge < -0.3 is 14.9 Å². The van der Waals surface area contributed by atoms with E-state index in [1.807, 2.05) is 6.92 Å². The van der Waals surface area contributed by atoms with Gasteiger partial charge in [-0.3, -0.25) is 0 Å². The number of rotatable bonds is 3. The number of halogens is 1. The molecule has 2 aromatic rings. The second-order valence-electron chi connectivity index (χ2n) is 4.69. The molecule has 0 aliphatic carbocycles. The van der Waals surface area contributed by atoms with E-state index in [9.17, 15) is 15.0 Å². The van der Waals surface area contributed by atoms with Gasteiger partial charge in [0, 0.05) is 16.0 Å². The molecule has 2 rings (SSSR count). The molecule has 0 spiro atoms. The van der Waals surface area contributed by atoms with E-state index < -0.39 is 5.97 Å². The molecule has 4 nitrogen and oxygen atoms in total. The van der Waals surface area contributed by atoms with Crippen LogP contribution in [0.2, 0.25) is 0 Å². The molecule has 1 atom stereocenters. The van der Waals surface area contributed by atoms with Crippen LogP contribution in [0.15, 0.2) is 40.9 Å². The maximum absolute atomic E-state index is 11.5. The first-order valence-corrected chi connectivity index (χ1v) is 7.13. The van der Waals surface area contributed by atoms with Gasteiger partial charge in [0.1, 0.15) is 11.5 Å². The van der Waals surface area contributed by atoms with Crippen LogP contribution in [0.25, 0.3) is 0 Å². The summed E-state index contributed by atoms with van der Waals surface area (Å²) in [5.74, 6) is -0.352. The fourth-order valence-corrected chi connectivity index (χ4v) is 2.90. The van der Waals surface area contributed by atoms with Crippen molar-refractivity contribution in [2.24, 2.45) is 0 Å². The zero-order valence-corrected chi connectivity index (χ0v) is 13.2. The van der Waals surface area contributed by atoms with Crippen molar-refractivity contribution in [3.8, 4) is 11.5 Å².